The first-order valence-electron chi connectivity index (χ1n) is 8.80. The maximum absolute atomic E-state index is 12.7. The van der Waals surface area contributed by atoms with Crippen molar-refractivity contribution < 1.29 is 18.1 Å². The zero-order valence-electron chi connectivity index (χ0n) is 14.8. The van der Waals surface area contributed by atoms with Crippen molar-refractivity contribution >= 4 is 27.1 Å². The van der Waals surface area contributed by atoms with Gasteiger partial charge in [0.2, 0.25) is 0 Å². The van der Waals surface area contributed by atoms with Gasteiger partial charge >= 0.3 is 0 Å². The van der Waals surface area contributed by atoms with Gasteiger partial charge in [0.15, 0.2) is 9.84 Å². The highest BCUT2D eigenvalue weighted by Crippen LogP contribution is 2.29. The lowest BCUT2D eigenvalue weighted by atomic mass is 10.1. The Morgan fingerprint density at radius 2 is 1.92 bits per heavy atom. The number of rotatable bonds is 3. The second-order valence-electron chi connectivity index (χ2n) is 7.12. The normalized spacial score (nSPS) is 22.9. The van der Waals surface area contributed by atoms with Gasteiger partial charge in [0.05, 0.1) is 16.4 Å². The molecule has 0 bridgehead atoms. The third-order valence-corrected chi connectivity index (χ3v) is 6.79. The molecule has 9 heteroatoms. The zero-order chi connectivity index (χ0) is 18.9. The van der Waals surface area contributed by atoms with Crippen molar-refractivity contribution in [1.82, 2.24) is 4.90 Å². The molecule has 26 heavy (non-hydrogen) atoms. The molecule has 0 radical (unpaired) electrons. The van der Waals surface area contributed by atoms with E-state index in [1.165, 1.54) is 6.07 Å². The summed E-state index contributed by atoms with van der Waals surface area (Å²) in [7, 11) is -3.10. The fraction of sp³-hybridized carbons (Fsp3) is 0.588. The SMILES string of the molecule is C[C@H]1CN(c2ccc([N+](=O)[O-])c(C(=O)N3CCCC3)c2)CCS(=O)(=O)C1. The Hall–Kier alpha value is -2.16. The standard InChI is InChI=1S/C17H23N3O5S/c1-13-11-19(8-9-26(24,25)12-13)14-4-5-16(20(22)23)15(10-14)17(21)18-6-2-3-7-18/h4-5,10,13H,2-3,6-9,11-12H2,1H3/t13-/m0/s1. The van der Waals surface area contributed by atoms with Crippen molar-refractivity contribution in [2.24, 2.45) is 5.92 Å². The third-order valence-electron chi connectivity index (χ3n) is 4.91. The number of amides is 1. The van der Waals surface area contributed by atoms with Crippen LogP contribution in [0.15, 0.2) is 18.2 Å². The van der Waals surface area contributed by atoms with Crippen LogP contribution in [-0.4, -0.2) is 61.8 Å². The number of nitro groups is 1. The average Bonchev–Trinajstić information content (AvgIpc) is 3.06. The molecule has 0 unspecified atom stereocenters. The number of hydrogen-bond donors (Lipinski definition) is 0. The Kier molecular flexibility index (Phi) is 5.17. The molecule has 2 heterocycles. The van der Waals surface area contributed by atoms with Crippen LogP contribution in [0.25, 0.3) is 0 Å². The molecule has 8 nitrogen and oxygen atoms in total. The van der Waals surface area contributed by atoms with Crippen LogP contribution in [0.2, 0.25) is 0 Å². The Labute approximate surface area is 152 Å². The predicted octanol–water partition coefficient (Wildman–Crippen LogP) is 1.70. The summed E-state index contributed by atoms with van der Waals surface area (Å²) < 4.78 is 23.9. The average molecular weight is 381 g/mol. The maximum Gasteiger partial charge on any atom is 0.282 e. The lowest BCUT2D eigenvalue weighted by Crippen LogP contribution is -2.31. The van der Waals surface area contributed by atoms with Crippen molar-refractivity contribution in [2.45, 2.75) is 19.8 Å². The minimum absolute atomic E-state index is 0.0454. The molecule has 2 aliphatic rings. The Morgan fingerprint density at radius 1 is 1.23 bits per heavy atom. The molecule has 1 atom stereocenters. The molecule has 0 aliphatic carbocycles. The number of nitro benzene ring substituents is 1. The third kappa shape index (κ3) is 3.98. The van der Waals surface area contributed by atoms with Crippen molar-refractivity contribution in [2.75, 3.05) is 42.6 Å². The van der Waals surface area contributed by atoms with E-state index in [2.05, 4.69) is 0 Å². The smallest absolute Gasteiger partial charge is 0.282 e. The lowest BCUT2D eigenvalue weighted by molar-refractivity contribution is -0.385. The monoisotopic (exact) mass is 381 g/mol. The Bertz CT molecular complexity index is 818. The van der Waals surface area contributed by atoms with Gasteiger partial charge in [-0.1, -0.05) is 6.92 Å². The highest BCUT2D eigenvalue weighted by molar-refractivity contribution is 7.91. The van der Waals surface area contributed by atoms with E-state index in [1.807, 2.05) is 11.8 Å². The largest absolute Gasteiger partial charge is 0.370 e. The number of hydrogen-bond acceptors (Lipinski definition) is 6. The van der Waals surface area contributed by atoms with Gasteiger partial charge in [0.1, 0.15) is 5.56 Å². The fourth-order valence-corrected chi connectivity index (χ4v) is 5.30. The van der Waals surface area contributed by atoms with Crippen molar-refractivity contribution in [3.05, 3.63) is 33.9 Å². The summed E-state index contributed by atoms with van der Waals surface area (Å²) in [5, 5.41) is 11.4. The molecule has 2 saturated heterocycles. The van der Waals surface area contributed by atoms with Crippen molar-refractivity contribution in [3.8, 4) is 0 Å². The van der Waals surface area contributed by atoms with Gasteiger partial charge < -0.3 is 9.80 Å². The number of carbonyl (C=O) groups excluding carboxylic acids is 1. The molecule has 142 valence electrons. The van der Waals surface area contributed by atoms with E-state index in [4.69, 9.17) is 0 Å². The maximum atomic E-state index is 12.7. The molecule has 0 aromatic heterocycles. The van der Waals surface area contributed by atoms with Gasteiger partial charge in [0, 0.05) is 37.9 Å². The minimum Gasteiger partial charge on any atom is -0.370 e. The summed E-state index contributed by atoms with van der Waals surface area (Å²) in [6.45, 7) is 3.95. The summed E-state index contributed by atoms with van der Waals surface area (Å²) >= 11 is 0. The Balaban J connectivity index is 1.94. The molecule has 1 aromatic carbocycles. The number of nitrogens with zero attached hydrogens (tertiary/aromatic N) is 3. The van der Waals surface area contributed by atoms with E-state index in [0.29, 0.717) is 31.9 Å². The summed E-state index contributed by atoms with van der Waals surface area (Å²) in [5.74, 6) is -0.193. The summed E-state index contributed by atoms with van der Waals surface area (Å²) in [6.07, 6.45) is 1.81. The van der Waals surface area contributed by atoms with Crippen LogP contribution < -0.4 is 4.90 Å². The first-order chi connectivity index (χ1) is 12.3. The van der Waals surface area contributed by atoms with E-state index >= 15 is 0 Å². The molecule has 3 rings (SSSR count). The minimum atomic E-state index is -3.10. The molecule has 1 amide bonds. The van der Waals surface area contributed by atoms with Gasteiger partial charge in [-0.3, -0.25) is 14.9 Å². The van der Waals surface area contributed by atoms with E-state index in [9.17, 15) is 23.3 Å². The van der Waals surface area contributed by atoms with Crippen LogP contribution in [0.1, 0.15) is 30.1 Å². The van der Waals surface area contributed by atoms with Crippen LogP contribution >= 0.6 is 0 Å². The van der Waals surface area contributed by atoms with E-state index in [0.717, 1.165) is 12.8 Å². The van der Waals surface area contributed by atoms with Crippen LogP contribution in [0.5, 0.6) is 0 Å². The predicted molar refractivity (Wildman–Crippen MR) is 98.3 cm³/mol. The van der Waals surface area contributed by atoms with Crippen molar-refractivity contribution in [3.63, 3.8) is 0 Å². The number of likely N-dealkylation sites (tertiary alicyclic amines) is 1. The molecular formula is C17H23N3O5S. The zero-order valence-corrected chi connectivity index (χ0v) is 15.6. The summed E-state index contributed by atoms with van der Waals surface area (Å²) in [6, 6.07) is 4.50. The number of anilines is 1. The number of benzene rings is 1. The second kappa shape index (κ2) is 7.22. The fourth-order valence-electron chi connectivity index (χ4n) is 3.66. The van der Waals surface area contributed by atoms with Gasteiger partial charge in [-0.15, -0.1) is 0 Å². The van der Waals surface area contributed by atoms with Crippen LogP contribution in [0, 0.1) is 16.0 Å². The van der Waals surface area contributed by atoms with Crippen LogP contribution in [0.4, 0.5) is 11.4 Å². The van der Waals surface area contributed by atoms with E-state index in [1.54, 1.807) is 17.0 Å². The molecule has 2 fully saturated rings. The molecule has 2 aliphatic heterocycles. The topological polar surface area (TPSA) is 101 Å². The molecule has 0 spiro atoms. The number of sulfone groups is 1. The molecule has 0 saturated carbocycles. The van der Waals surface area contributed by atoms with E-state index < -0.39 is 14.8 Å². The highest BCUT2D eigenvalue weighted by Gasteiger charge is 2.29. The van der Waals surface area contributed by atoms with Gasteiger partial charge in [-0.2, -0.15) is 0 Å². The number of carbonyl (C=O) groups is 1. The van der Waals surface area contributed by atoms with Gasteiger partial charge in [-0.05, 0) is 30.9 Å². The quantitative estimate of drug-likeness (QED) is 0.583. The molecular weight excluding hydrogens is 358 g/mol. The van der Waals surface area contributed by atoms with Crippen molar-refractivity contribution in [1.29, 1.82) is 0 Å². The van der Waals surface area contributed by atoms with Gasteiger partial charge in [-0.25, -0.2) is 8.42 Å². The first kappa shape index (κ1) is 18.6. The summed E-state index contributed by atoms with van der Waals surface area (Å²) in [5.41, 5.74) is 0.525. The van der Waals surface area contributed by atoms with Crippen LogP contribution in [0.3, 0.4) is 0 Å². The van der Waals surface area contributed by atoms with E-state index in [-0.39, 0.29) is 34.6 Å². The molecule has 1 aromatic rings. The van der Waals surface area contributed by atoms with Gasteiger partial charge in [0.25, 0.3) is 11.6 Å². The Morgan fingerprint density at radius 3 is 2.58 bits per heavy atom. The first-order valence-corrected chi connectivity index (χ1v) is 10.6. The lowest BCUT2D eigenvalue weighted by Gasteiger charge is -2.25. The molecule has 0 N–H and O–H groups in total. The summed E-state index contributed by atoms with van der Waals surface area (Å²) in [4.78, 5) is 27.1. The van der Waals surface area contributed by atoms with Crippen LogP contribution in [-0.2, 0) is 9.84 Å². The second-order valence-corrected chi connectivity index (χ2v) is 9.35. The highest BCUT2D eigenvalue weighted by atomic mass is 32.2.